The van der Waals surface area contributed by atoms with Crippen molar-refractivity contribution in [3.63, 3.8) is 0 Å². The van der Waals surface area contributed by atoms with Gasteiger partial charge < -0.3 is 9.80 Å². The molecule has 1 aliphatic rings. The van der Waals surface area contributed by atoms with E-state index in [4.69, 9.17) is 0 Å². The van der Waals surface area contributed by atoms with E-state index in [0.29, 0.717) is 0 Å². The first-order chi connectivity index (χ1) is 11.3. The average molecular weight is 309 g/mol. The van der Waals surface area contributed by atoms with Crippen LogP contribution in [0.25, 0.3) is 5.65 Å². The van der Waals surface area contributed by atoms with Gasteiger partial charge in [0.05, 0.1) is 0 Å². The molecule has 0 atom stereocenters. The van der Waals surface area contributed by atoms with Gasteiger partial charge in [0.2, 0.25) is 5.95 Å². The minimum absolute atomic E-state index is 0.819. The zero-order valence-electron chi connectivity index (χ0n) is 13.1. The van der Waals surface area contributed by atoms with Gasteiger partial charge in [-0.3, -0.25) is 0 Å². The topological polar surface area (TPSA) is 62.5 Å². The number of hydrogen-bond donors (Lipinski definition) is 0. The number of anilines is 2. The number of aromatic nitrogens is 5. The fraction of sp³-hybridized carbons (Fsp3) is 0.375. The minimum atomic E-state index is 0.819. The molecule has 0 radical (unpaired) electrons. The smallest absolute Gasteiger partial charge is 0.225 e. The molecule has 0 unspecified atom stereocenters. The first kappa shape index (κ1) is 13.9. The fourth-order valence-corrected chi connectivity index (χ4v) is 2.80. The van der Waals surface area contributed by atoms with E-state index in [1.165, 1.54) is 5.56 Å². The molecule has 0 amide bonds. The van der Waals surface area contributed by atoms with Gasteiger partial charge in [-0.2, -0.15) is 0 Å². The second-order valence-electron chi connectivity index (χ2n) is 5.64. The Morgan fingerprint density at radius 3 is 2.43 bits per heavy atom. The molecular weight excluding hydrogens is 290 g/mol. The van der Waals surface area contributed by atoms with Gasteiger partial charge in [-0.15, -0.1) is 5.10 Å². The highest BCUT2D eigenvalue weighted by Crippen LogP contribution is 2.16. The van der Waals surface area contributed by atoms with Crippen LogP contribution in [0.3, 0.4) is 0 Å². The lowest BCUT2D eigenvalue weighted by Crippen LogP contribution is -2.47. The minimum Gasteiger partial charge on any atom is -0.352 e. The number of hydrogen-bond acceptors (Lipinski definition) is 6. The van der Waals surface area contributed by atoms with Crippen LogP contribution in [0.15, 0.2) is 36.9 Å². The van der Waals surface area contributed by atoms with Crippen molar-refractivity contribution in [2.24, 2.45) is 0 Å². The number of aryl methyl sites for hydroxylation is 1. The number of nitrogens with zero attached hydrogens (tertiary/aromatic N) is 7. The molecule has 118 valence electrons. The van der Waals surface area contributed by atoms with E-state index in [1.807, 2.05) is 35.2 Å². The van der Waals surface area contributed by atoms with E-state index >= 15 is 0 Å². The molecule has 7 nitrogen and oxygen atoms in total. The molecule has 7 heteroatoms. The highest BCUT2D eigenvalue weighted by atomic mass is 15.4. The molecule has 3 aromatic heterocycles. The fourth-order valence-electron chi connectivity index (χ4n) is 2.80. The second-order valence-corrected chi connectivity index (χ2v) is 5.64. The van der Waals surface area contributed by atoms with Gasteiger partial charge in [0.15, 0.2) is 5.65 Å². The van der Waals surface area contributed by atoms with E-state index in [9.17, 15) is 0 Å². The maximum absolute atomic E-state index is 4.61. The summed E-state index contributed by atoms with van der Waals surface area (Å²) in [7, 11) is 0. The molecular formula is C16H19N7. The zero-order chi connectivity index (χ0) is 15.6. The van der Waals surface area contributed by atoms with E-state index in [1.54, 1.807) is 6.20 Å². The molecule has 4 rings (SSSR count). The van der Waals surface area contributed by atoms with Crippen LogP contribution in [0.2, 0.25) is 0 Å². The second kappa shape index (κ2) is 5.83. The largest absolute Gasteiger partial charge is 0.352 e. The molecule has 1 saturated heterocycles. The van der Waals surface area contributed by atoms with Gasteiger partial charge in [-0.05, 0) is 24.1 Å². The molecule has 0 N–H and O–H groups in total. The molecule has 4 heterocycles. The van der Waals surface area contributed by atoms with Crippen molar-refractivity contribution in [1.29, 1.82) is 0 Å². The SMILES string of the molecule is CCc1cnc(N2CCN(c3ccc4nccn4n3)CC2)nc1. The lowest BCUT2D eigenvalue weighted by Gasteiger charge is -2.35. The maximum Gasteiger partial charge on any atom is 0.225 e. The number of fused-ring (bicyclic) bond motifs is 1. The summed E-state index contributed by atoms with van der Waals surface area (Å²) in [4.78, 5) is 17.7. The summed E-state index contributed by atoms with van der Waals surface area (Å²) >= 11 is 0. The predicted octanol–water partition coefficient (Wildman–Crippen LogP) is 1.41. The van der Waals surface area contributed by atoms with Gasteiger partial charge in [0, 0.05) is 51.0 Å². The van der Waals surface area contributed by atoms with Crippen LogP contribution in [0.4, 0.5) is 11.8 Å². The zero-order valence-corrected chi connectivity index (χ0v) is 13.1. The first-order valence-electron chi connectivity index (χ1n) is 7.94. The van der Waals surface area contributed by atoms with E-state index < -0.39 is 0 Å². The summed E-state index contributed by atoms with van der Waals surface area (Å²) in [6.45, 7) is 5.73. The highest BCUT2D eigenvalue weighted by Gasteiger charge is 2.20. The standard InChI is InChI=1S/C16H19N7/c1-2-13-11-18-16(19-12-13)22-9-7-21(8-10-22)15-4-3-14-17-5-6-23(14)20-15/h3-6,11-12H,2,7-10H2,1H3. The lowest BCUT2D eigenvalue weighted by atomic mass is 10.3. The molecule has 3 aromatic rings. The summed E-state index contributed by atoms with van der Waals surface area (Å²) in [6, 6.07) is 4.03. The van der Waals surface area contributed by atoms with E-state index in [0.717, 1.165) is 50.0 Å². The summed E-state index contributed by atoms with van der Waals surface area (Å²) in [5, 5.41) is 4.61. The maximum atomic E-state index is 4.61. The Balaban J connectivity index is 1.45. The lowest BCUT2D eigenvalue weighted by molar-refractivity contribution is 0.629. The Hall–Kier alpha value is -2.70. The van der Waals surface area contributed by atoms with Crippen molar-refractivity contribution < 1.29 is 0 Å². The summed E-state index contributed by atoms with van der Waals surface area (Å²) < 4.78 is 1.81. The van der Waals surface area contributed by atoms with Crippen LogP contribution in [0.5, 0.6) is 0 Å². The van der Waals surface area contributed by atoms with Crippen molar-refractivity contribution in [3.8, 4) is 0 Å². The predicted molar refractivity (Wildman–Crippen MR) is 88.8 cm³/mol. The Morgan fingerprint density at radius 2 is 1.70 bits per heavy atom. The van der Waals surface area contributed by atoms with Gasteiger partial charge in [-0.1, -0.05) is 6.92 Å². The van der Waals surface area contributed by atoms with Crippen LogP contribution in [-0.4, -0.2) is 50.7 Å². The average Bonchev–Trinajstić information content (AvgIpc) is 3.10. The van der Waals surface area contributed by atoms with Gasteiger partial charge in [-0.25, -0.2) is 19.5 Å². The molecule has 0 saturated carbocycles. The normalized spacial score (nSPS) is 15.3. The van der Waals surface area contributed by atoms with E-state index in [-0.39, 0.29) is 0 Å². The third kappa shape index (κ3) is 2.69. The Bertz CT molecular complexity index is 788. The summed E-state index contributed by atoms with van der Waals surface area (Å²) in [6.07, 6.45) is 8.45. The molecule has 1 fully saturated rings. The molecule has 1 aliphatic heterocycles. The van der Waals surface area contributed by atoms with Crippen LogP contribution >= 0.6 is 0 Å². The van der Waals surface area contributed by atoms with Crippen molar-refractivity contribution in [2.75, 3.05) is 36.0 Å². The monoisotopic (exact) mass is 309 g/mol. The third-order valence-corrected chi connectivity index (χ3v) is 4.23. The first-order valence-corrected chi connectivity index (χ1v) is 7.94. The van der Waals surface area contributed by atoms with Gasteiger partial charge in [0.1, 0.15) is 5.82 Å². The number of imidazole rings is 1. The Kier molecular flexibility index (Phi) is 3.53. The van der Waals surface area contributed by atoms with Crippen LogP contribution in [-0.2, 0) is 6.42 Å². The molecule has 0 aliphatic carbocycles. The van der Waals surface area contributed by atoms with Crippen molar-refractivity contribution >= 4 is 17.4 Å². The molecule has 0 aromatic carbocycles. The van der Waals surface area contributed by atoms with Crippen molar-refractivity contribution in [1.82, 2.24) is 24.6 Å². The highest BCUT2D eigenvalue weighted by molar-refractivity contribution is 5.47. The number of rotatable bonds is 3. The van der Waals surface area contributed by atoms with Gasteiger partial charge in [0.25, 0.3) is 0 Å². The molecule has 0 bridgehead atoms. The van der Waals surface area contributed by atoms with Crippen LogP contribution < -0.4 is 9.80 Å². The van der Waals surface area contributed by atoms with Crippen LogP contribution in [0.1, 0.15) is 12.5 Å². The third-order valence-electron chi connectivity index (χ3n) is 4.23. The molecule has 23 heavy (non-hydrogen) atoms. The van der Waals surface area contributed by atoms with E-state index in [2.05, 4.69) is 36.8 Å². The van der Waals surface area contributed by atoms with Gasteiger partial charge >= 0.3 is 0 Å². The summed E-state index contributed by atoms with van der Waals surface area (Å²) in [5.74, 6) is 1.80. The quantitative estimate of drug-likeness (QED) is 0.729. The van der Waals surface area contributed by atoms with Crippen LogP contribution in [0, 0.1) is 0 Å². The Labute approximate surface area is 134 Å². The Morgan fingerprint density at radius 1 is 0.957 bits per heavy atom. The van der Waals surface area contributed by atoms with Crippen molar-refractivity contribution in [3.05, 3.63) is 42.5 Å². The number of piperazine rings is 1. The summed E-state index contributed by atoms with van der Waals surface area (Å²) in [5.41, 5.74) is 2.04. The molecule has 0 spiro atoms. The van der Waals surface area contributed by atoms with Crippen molar-refractivity contribution in [2.45, 2.75) is 13.3 Å².